The number of halogens is 1. The van der Waals surface area contributed by atoms with Crippen molar-refractivity contribution in [3.05, 3.63) is 58.9 Å². The Bertz CT molecular complexity index is 1120. The molecule has 0 radical (unpaired) electrons. The van der Waals surface area contributed by atoms with Crippen LogP contribution in [0.15, 0.2) is 36.4 Å². The Labute approximate surface area is 182 Å². The van der Waals surface area contributed by atoms with Crippen LogP contribution in [0.5, 0.6) is 0 Å². The number of fused-ring (bicyclic) bond motifs is 1. The topological polar surface area (TPSA) is 78.5 Å². The summed E-state index contributed by atoms with van der Waals surface area (Å²) in [6, 6.07) is 10.2. The third-order valence-corrected chi connectivity index (χ3v) is 6.66. The molecule has 0 aromatic heterocycles. The molecular weight excluding hydrogens is 417 g/mol. The minimum absolute atomic E-state index is 0.246. The molecule has 8 heteroatoms. The number of hydrogen-bond donors (Lipinski definition) is 2. The van der Waals surface area contributed by atoms with Crippen molar-refractivity contribution >= 4 is 27.3 Å². The lowest BCUT2D eigenvalue weighted by Crippen LogP contribution is -2.37. The van der Waals surface area contributed by atoms with Gasteiger partial charge in [0.1, 0.15) is 5.82 Å². The van der Waals surface area contributed by atoms with Crippen LogP contribution in [0.1, 0.15) is 54.2 Å². The van der Waals surface area contributed by atoms with Gasteiger partial charge in [-0.05, 0) is 60.1 Å². The number of carbonyl (C=O) groups is 1. The van der Waals surface area contributed by atoms with Gasteiger partial charge in [-0.15, -0.1) is 0 Å². The number of amides is 1. The SMILES string of the molecule is CC1(C)Cc2cccc(C(=O)NS(C)(=O)=O)c2NC1c1cc(F)cc(N2CCCC2)c1. The number of sulfonamides is 1. The van der Waals surface area contributed by atoms with Crippen molar-refractivity contribution in [2.24, 2.45) is 5.41 Å². The van der Waals surface area contributed by atoms with Gasteiger partial charge in [-0.25, -0.2) is 17.5 Å². The highest BCUT2D eigenvalue weighted by Gasteiger charge is 2.38. The summed E-state index contributed by atoms with van der Waals surface area (Å²) in [6.45, 7) is 6.06. The summed E-state index contributed by atoms with van der Waals surface area (Å²) >= 11 is 0. The molecule has 2 N–H and O–H groups in total. The Hall–Kier alpha value is -2.61. The van der Waals surface area contributed by atoms with Crippen molar-refractivity contribution in [2.45, 2.75) is 39.2 Å². The predicted molar refractivity (Wildman–Crippen MR) is 120 cm³/mol. The second kappa shape index (κ2) is 7.82. The Morgan fingerprint density at radius 3 is 2.58 bits per heavy atom. The Morgan fingerprint density at radius 1 is 1.19 bits per heavy atom. The van der Waals surface area contributed by atoms with E-state index in [9.17, 15) is 17.6 Å². The fraction of sp³-hybridized carbons (Fsp3) is 0.435. The second-order valence-electron chi connectivity index (χ2n) is 9.22. The molecule has 31 heavy (non-hydrogen) atoms. The van der Waals surface area contributed by atoms with Crippen LogP contribution in [0.3, 0.4) is 0 Å². The monoisotopic (exact) mass is 445 g/mol. The molecule has 4 rings (SSSR count). The van der Waals surface area contributed by atoms with E-state index in [-0.39, 0.29) is 22.8 Å². The first-order chi connectivity index (χ1) is 14.5. The average Bonchev–Trinajstić information content (AvgIpc) is 3.19. The number of carbonyl (C=O) groups excluding carboxylic acids is 1. The number of hydrogen-bond acceptors (Lipinski definition) is 5. The molecular formula is C23H28FN3O3S. The van der Waals surface area contributed by atoms with Crippen LogP contribution in [0.25, 0.3) is 0 Å². The second-order valence-corrected chi connectivity index (χ2v) is 11.0. The van der Waals surface area contributed by atoms with Gasteiger partial charge in [-0.1, -0.05) is 26.0 Å². The van der Waals surface area contributed by atoms with E-state index in [0.29, 0.717) is 12.1 Å². The fourth-order valence-electron chi connectivity index (χ4n) is 4.72. The Balaban J connectivity index is 1.74. The molecule has 2 aromatic carbocycles. The maximum absolute atomic E-state index is 14.6. The molecule has 166 valence electrons. The van der Waals surface area contributed by atoms with E-state index in [2.05, 4.69) is 24.1 Å². The molecule has 2 aliphatic heterocycles. The van der Waals surface area contributed by atoms with Gasteiger partial charge in [0.05, 0.1) is 23.5 Å². The van der Waals surface area contributed by atoms with Gasteiger partial charge in [0.25, 0.3) is 5.91 Å². The lowest BCUT2D eigenvalue weighted by atomic mass is 9.72. The maximum Gasteiger partial charge on any atom is 0.266 e. The van der Waals surface area contributed by atoms with E-state index < -0.39 is 15.9 Å². The molecule has 1 unspecified atom stereocenters. The number of para-hydroxylation sites is 1. The molecule has 0 bridgehead atoms. The number of nitrogens with one attached hydrogen (secondary N) is 2. The van der Waals surface area contributed by atoms with E-state index in [0.717, 1.165) is 49.0 Å². The molecule has 1 fully saturated rings. The van der Waals surface area contributed by atoms with Gasteiger partial charge >= 0.3 is 0 Å². The molecule has 0 saturated carbocycles. The first-order valence-electron chi connectivity index (χ1n) is 10.5. The van der Waals surface area contributed by atoms with Crippen molar-refractivity contribution in [3.63, 3.8) is 0 Å². The van der Waals surface area contributed by atoms with Crippen LogP contribution in [0, 0.1) is 11.2 Å². The van der Waals surface area contributed by atoms with Crippen molar-refractivity contribution in [1.82, 2.24) is 4.72 Å². The molecule has 2 heterocycles. The summed E-state index contributed by atoms with van der Waals surface area (Å²) in [5.41, 5.74) is 3.22. The first-order valence-corrected chi connectivity index (χ1v) is 12.4. The summed E-state index contributed by atoms with van der Waals surface area (Å²) in [4.78, 5) is 14.8. The Morgan fingerprint density at radius 2 is 1.90 bits per heavy atom. The summed E-state index contributed by atoms with van der Waals surface area (Å²) in [6.07, 6.45) is 3.82. The van der Waals surface area contributed by atoms with Crippen molar-refractivity contribution < 1.29 is 17.6 Å². The standard InChI is InChI=1S/C23H28FN3O3S/c1-23(2)14-15-7-6-8-19(22(28)26-31(3,29)30)20(15)25-21(23)16-11-17(24)13-18(12-16)27-9-4-5-10-27/h6-8,11-13,21,25H,4-5,9-10,14H2,1-3H3,(H,26,28). The highest BCUT2D eigenvalue weighted by molar-refractivity contribution is 7.89. The molecule has 2 aliphatic rings. The van der Waals surface area contributed by atoms with Crippen LogP contribution in [0.4, 0.5) is 15.8 Å². The smallest absolute Gasteiger partial charge is 0.266 e. The fourth-order valence-corrected chi connectivity index (χ4v) is 5.17. The minimum atomic E-state index is -3.69. The molecule has 1 atom stereocenters. The van der Waals surface area contributed by atoms with Crippen LogP contribution in [-0.2, 0) is 16.4 Å². The predicted octanol–water partition coefficient (Wildman–Crippen LogP) is 3.85. The van der Waals surface area contributed by atoms with E-state index in [1.54, 1.807) is 24.3 Å². The highest BCUT2D eigenvalue weighted by atomic mass is 32.2. The van der Waals surface area contributed by atoms with E-state index in [1.807, 2.05) is 16.9 Å². The maximum atomic E-state index is 14.6. The third kappa shape index (κ3) is 4.54. The van der Waals surface area contributed by atoms with E-state index in [1.165, 1.54) is 0 Å². The van der Waals surface area contributed by atoms with Gasteiger partial charge in [-0.2, -0.15) is 0 Å². The number of benzene rings is 2. The molecule has 0 spiro atoms. The average molecular weight is 446 g/mol. The van der Waals surface area contributed by atoms with Crippen molar-refractivity contribution in [2.75, 3.05) is 29.6 Å². The van der Waals surface area contributed by atoms with Gasteiger partial charge in [0.15, 0.2) is 0 Å². The van der Waals surface area contributed by atoms with Crippen LogP contribution < -0.4 is 14.9 Å². The van der Waals surface area contributed by atoms with Crippen molar-refractivity contribution in [3.8, 4) is 0 Å². The third-order valence-electron chi connectivity index (χ3n) is 6.10. The molecule has 2 aromatic rings. The number of nitrogens with zero attached hydrogens (tertiary/aromatic N) is 1. The largest absolute Gasteiger partial charge is 0.377 e. The van der Waals surface area contributed by atoms with Gasteiger partial charge in [0.2, 0.25) is 10.0 Å². The lowest BCUT2D eigenvalue weighted by Gasteiger charge is -2.42. The summed E-state index contributed by atoms with van der Waals surface area (Å²) in [5, 5.41) is 3.44. The van der Waals surface area contributed by atoms with Gasteiger partial charge in [0, 0.05) is 18.8 Å². The zero-order chi connectivity index (χ0) is 22.4. The summed E-state index contributed by atoms with van der Waals surface area (Å²) < 4.78 is 39.8. The normalized spacial score (nSPS) is 20.1. The lowest BCUT2D eigenvalue weighted by molar-refractivity contribution is 0.0981. The van der Waals surface area contributed by atoms with Crippen LogP contribution >= 0.6 is 0 Å². The highest BCUT2D eigenvalue weighted by Crippen LogP contribution is 2.46. The molecule has 6 nitrogen and oxygen atoms in total. The molecule has 1 saturated heterocycles. The Kier molecular flexibility index (Phi) is 5.45. The summed E-state index contributed by atoms with van der Waals surface area (Å²) in [7, 11) is -3.69. The van der Waals surface area contributed by atoms with Crippen LogP contribution in [0.2, 0.25) is 0 Å². The van der Waals surface area contributed by atoms with Gasteiger partial charge < -0.3 is 10.2 Å². The zero-order valence-electron chi connectivity index (χ0n) is 18.0. The van der Waals surface area contributed by atoms with E-state index >= 15 is 0 Å². The summed E-state index contributed by atoms with van der Waals surface area (Å²) in [5.74, 6) is -0.965. The quantitative estimate of drug-likeness (QED) is 0.747. The molecule has 1 amide bonds. The minimum Gasteiger partial charge on any atom is -0.377 e. The van der Waals surface area contributed by atoms with Gasteiger partial charge in [-0.3, -0.25) is 4.79 Å². The van der Waals surface area contributed by atoms with E-state index in [4.69, 9.17) is 0 Å². The van der Waals surface area contributed by atoms with Crippen LogP contribution in [-0.4, -0.2) is 33.7 Å². The zero-order valence-corrected chi connectivity index (χ0v) is 18.9. The number of rotatable bonds is 4. The first kappa shape index (κ1) is 21.6. The number of anilines is 2. The molecule has 0 aliphatic carbocycles. The van der Waals surface area contributed by atoms with Crippen molar-refractivity contribution in [1.29, 1.82) is 0 Å².